The Morgan fingerprint density at radius 2 is 1.82 bits per heavy atom. The normalized spacial score (nSPS) is 10.5. The predicted molar refractivity (Wildman–Crippen MR) is 124 cm³/mol. The predicted octanol–water partition coefficient (Wildman–Crippen LogP) is 4.05. The monoisotopic (exact) mass is 489 g/mol. The first-order valence-electron chi connectivity index (χ1n) is 9.96. The second-order valence-corrected chi connectivity index (χ2v) is 7.86. The van der Waals surface area contributed by atoms with Crippen molar-refractivity contribution in [3.8, 4) is 11.3 Å². The summed E-state index contributed by atoms with van der Waals surface area (Å²) in [5, 5.41) is 6.23. The van der Waals surface area contributed by atoms with Crippen LogP contribution in [0.4, 0.5) is 5.69 Å². The van der Waals surface area contributed by atoms with Crippen LogP contribution in [0.15, 0.2) is 53.1 Å². The Kier molecular flexibility index (Phi) is 8.46. The van der Waals surface area contributed by atoms with E-state index in [2.05, 4.69) is 20.4 Å². The van der Waals surface area contributed by atoms with Crippen LogP contribution in [0.5, 0.6) is 0 Å². The molecule has 0 spiro atoms. The number of amides is 2. The average molecular weight is 490 g/mol. The molecule has 3 aromatic rings. The van der Waals surface area contributed by atoms with Gasteiger partial charge < -0.3 is 19.8 Å². The zero-order valence-electron chi connectivity index (χ0n) is 17.7. The maximum absolute atomic E-state index is 12.3. The van der Waals surface area contributed by atoms with Gasteiger partial charge in [-0.15, -0.1) is 0 Å². The van der Waals surface area contributed by atoms with Crippen molar-refractivity contribution in [2.75, 3.05) is 19.0 Å². The third-order valence-electron chi connectivity index (χ3n) is 4.58. The average Bonchev–Trinajstić information content (AvgIpc) is 3.26. The first kappa shape index (κ1) is 24.3. The highest BCUT2D eigenvalue weighted by molar-refractivity contribution is 6.36. The number of anilines is 1. The lowest BCUT2D eigenvalue weighted by Crippen LogP contribution is -2.31. The number of methoxy groups -OCH3 is 1. The third kappa shape index (κ3) is 7.34. The molecule has 1 aromatic heterocycles. The Balaban J connectivity index is 1.47. The number of oxazole rings is 1. The summed E-state index contributed by atoms with van der Waals surface area (Å²) in [7, 11) is 1.25. The number of aryl methyl sites for hydroxylation is 1. The molecular weight excluding hydrogens is 469 g/mol. The van der Waals surface area contributed by atoms with Crippen LogP contribution in [0.1, 0.15) is 17.9 Å². The Bertz CT molecular complexity index is 1150. The minimum atomic E-state index is -0.517. The summed E-state index contributed by atoms with van der Waals surface area (Å²) in [4.78, 5) is 39.3. The lowest BCUT2D eigenvalue weighted by atomic mass is 10.1. The van der Waals surface area contributed by atoms with E-state index in [-0.39, 0.29) is 31.2 Å². The van der Waals surface area contributed by atoms with E-state index in [0.717, 1.165) is 5.56 Å². The largest absolute Gasteiger partial charge is 0.468 e. The summed E-state index contributed by atoms with van der Waals surface area (Å²) < 4.78 is 10.2. The minimum Gasteiger partial charge on any atom is -0.468 e. The quantitative estimate of drug-likeness (QED) is 0.438. The number of rotatable bonds is 9. The molecule has 33 heavy (non-hydrogen) atoms. The Hall–Kier alpha value is -3.36. The van der Waals surface area contributed by atoms with Gasteiger partial charge in [0.25, 0.3) is 0 Å². The van der Waals surface area contributed by atoms with Gasteiger partial charge >= 0.3 is 5.97 Å². The molecule has 0 aliphatic heterocycles. The molecule has 0 saturated carbocycles. The molecule has 0 aliphatic carbocycles. The maximum Gasteiger partial charge on any atom is 0.325 e. The number of esters is 1. The number of halogens is 2. The fourth-order valence-electron chi connectivity index (χ4n) is 2.88. The van der Waals surface area contributed by atoms with Crippen molar-refractivity contribution in [3.05, 3.63) is 70.2 Å². The Labute approximate surface area is 200 Å². The second kappa shape index (κ2) is 11.5. The summed E-state index contributed by atoms with van der Waals surface area (Å²) in [5.74, 6) is -0.112. The number of carbonyl (C=O) groups excluding carboxylic acids is 3. The molecule has 2 amide bonds. The van der Waals surface area contributed by atoms with E-state index < -0.39 is 5.97 Å². The molecule has 172 valence electrons. The standard InChI is InChI=1S/C23H21Cl2N3O5/c1-32-23(31)13-26-21(30)10-14-2-5-16(6-3-14)28-20(29)8-9-22-27-12-19(33-22)17-7-4-15(24)11-18(17)25/h2-7,11-12H,8-10,13H2,1H3,(H,26,30)(H,28,29). The molecule has 1 heterocycles. The van der Waals surface area contributed by atoms with Gasteiger partial charge in [-0.05, 0) is 35.9 Å². The van der Waals surface area contributed by atoms with Gasteiger partial charge in [-0.1, -0.05) is 35.3 Å². The lowest BCUT2D eigenvalue weighted by molar-refractivity contribution is -0.141. The molecule has 0 fully saturated rings. The molecular formula is C23H21Cl2N3O5. The molecule has 0 unspecified atom stereocenters. The summed E-state index contributed by atoms with van der Waals surface area (Å²) in [5.41, 5.74) is 2.01. The highest BCUT2D eigenvalue weighted by atomic mass is 35.5. The molecule has 10 heteroatoms. The van der Waals surface area contributed by atoms with Gasteiger partial charge in [0.1, 0.15) is 6.54 Å². The molecule has 0 atom stereocenters. The molecule has 0 aliphatic rings. The van der Waals surface area contributed by atoms with Gasteiger partial charge in [0.2, 0.25) is 11.8 Å². The topological polar surface area (TPSA) is 111 Å². The smallest absolute Gasteiger partial charge is 0.325 e. The number of hydrogen-bond acceptors (Lipinski definition) is 6. The molecule has 0 bridgehead atoms. The van der Waals surface area contributed by atoms with E-state index >= 15 is 0 Å². The zero-order valence-corrected chi connectivity index (χ0v) is 19.2. The van der Waals surface area contributed by atoms with Crippen molar-refractivity contribution in [2.24, 2.45) is 0 Å². The van der Waals surface area contributed by atoms with Crippen LogP contribution in [-0.4, -0.2) is 36.4 Å². The Morgan fingerprint density at radius 1 is 1.06 bits per heavy atom. The van der Waals surface area contributed by atoms with E-state index in [1.165, 1.54) is 7.11 Å². The highest BCUT2D eigenvalue weighted by Gasteiger charge is 2.12. The molecule has 3 rings (SSSR count). The van der Waals surface area contributed by atoms with Crippen LogP contribution in [0.3, 0.4) is 0 Å². The first-order valence-corrected chi connectivity index (χ1v) is 10.7. The SMILES string of the molecule is COC(=O)CNC(=O)Cc1ccc(NC(=O)CCc2ncc(-c3ccc(Cl)cc3Cl)o2)cc1. The molecule has 2 N–H and O–H groups in total. The van der Waals surface area contributed by atoms with Crippen LogP contribution in [-0.2, 0) is 32.0 Å². The zero-order chi connectivity index (χ0) is 23.8. The van der Waals surface area contributed by atoms with Gasteiger partial charge in [-0.2, -0.15) is 0 Å². The fraction of sp³-hybridized carbons (Fsp3) is 0.217. The number of carbonyl (C=O) groups is 3. The van der Waals surface area contributed by atoms with E-state index in [0.29, 0.717) is 39.4 Å². The van der Waals surface area contributed by atoms with E-state index in [9.17, 15) is 14.4 Å². The van der Waals surface area contributed by atoms with Crippen molar-refractivity contribution in [2.45, 2.75) is 19.3 Å². The third-order valence-corrected chi connectivity index (χ3v) is 5.12. The van der Waals surface area contributed by atoms with Gasteiger partial charge in [0.05, 0.1) is 24.8 Å². The van der Waals surface area contributed by atoms with Crippen LogP contribution < -0.4 is 10.6 Å². The highest BCUT2D eigenvalue weighted by Crippen LogP contribution is 2.30. The fourth-order valence-corrected chi connectivity index (χ4v) is 3.38. The first-order chi connectivity index (χ1) is 15.8. The maximum atomic E-state index is 12.3. The number of benzene rings is 2. The second-order valence-electron chi connectivity index (χ2n) is 7.02. The number of nitrogens with one attached hydrogen (secondary N) is 2. The van der Waals surface area contributed by atoms with Gasteiger partial charge in [0, 0.05) is 29.1 Å². The van der Waals surface area contributed by atoms with E-state index in [1.807, 2.05) is 0 Å². The summed E-state index contributed by atoms with van der Waals surface area (Å²) >= 11 is 12.1. The number of aromatic nitrogens is 1. The van der Waals surface area contributed by atoms with E-state index in [1.54, 1.807) is 48.7 Å². The van der Waals surface area contributed by atoms with Crippen LogP contribution in [0, 0.1) is 0 Å². The number of nitrogens with zero attached hydrogens (tertiary/aromatic N) is 1. The van der Waals surface area contributed by atoms with Crippen LogP contribution in [0.2, 0.25) is 10.0 Å². The molecule has 8 nitrogen and oxygen atoms in total. The number of ether oxygens (including phenoxy) is 1. The summed E-state index contributed by atoms with van der Waals surface area (Å²) in [6.45, 7) is -0.178. The molecule has 0 saturated heterocycles. The van der Waals surface area contributed by atoms with Crippen molar-refractivity contribution >= 4 is 46.7 Å². The van der Waals surface area contributed by atoms with Gasteiger partial charge in [0.15, 0.2) is 11.7 Å². The van der Waals surface area contributed by atoms with Gasteiger partial charge in [-0.3, -0.25) is 14.4 Å². The van der Waals surface area contributed by atoms with Crippen LogP contribution >= 0.6 is 23.2 Å². The van der Waals surface area contributed by atoms with Crippen molar-refractivity contribution in [1.82, 2.24) is 10.3 Å². The Morgan fingerprint density at radius 3 is 2.52 bits per heavy atom. The molecule has 0 radical (unpaired) electrons. The minimum absolute atomic E-state index is 0.107. The van der Waals surface area contributed by atoms with Gasteiger partial charge in [-0.25, -0.2) is 4.98 Å². The van der Waals surface area contributed by atoms with E-state index in [4.69, 9.17) is 27.6 Å². The molecule has 2 aromatic carbocycles. The summed E-state index contributed by atoms with van der Waals surface area (Å²) in [6, 6.07) is 11.9. The van der Waals surface area contributed by atoms with Crippen molar-refractivity contribution in [1.29, 1.82) is 0 Å². The lowest BCUT2D eigenvalue weighted by Gasteiger charge is -2.07. The van der Waals surface area contributed by atoms with Crippen LogP contribution in [0.25, 0.3) is 11.3 Å². The summed E-state index contributed by atoms with van der Waals surface area (Å²) in [6.07, 6.45) is 2.15. The van der Waals surface area contributed by atoms with Crippen molar-refractivity contribution in [3.63, 3.8) is 0 Å². The van der Waals surface area contributed by atoms with Crippen molar-refractivity contribution < 1.29 is 23.5 Å². The number of hydrogen-bond donors (Lipinski definition) is 2.